The van der Waals surface area contributed by atoms with Crippen molar-refractivity contribution in [2.24, 2.45) is 5.92 Å². The lowest BCUT2D eigenvalue weighted by Gasteiger charge is -2.36. The number of nitrogens with one attached hydrogen (secondary N) is 1. The lowest BCUT2D eigenvalue weighted by atomic mass is 9.73. The summed E-state index contributed by atoms with van der Waals surface area (Å²) >= 11 is 3.19. The molecule has 1 N–H and O–H groups in total. The summed E-state index contributed by atoms with van der Waals surface area (Å²) in [6.45, 7) is 2.32. The minimum atomic E-state index is -0.693. The van der Waals surface area contributed by atoms with Crippen LogP contribution >= 0.6 is 22.7 Å². The van der Waals surface area contributed by atoms with Gasteiger partial charge in [-0.1, -0.05) is 25.8 Å². The van der Waals surface area contributed by atoms with Crippen LogP contribution in [0.3, 0.4) is 0 Å². The topological polar surface area (TPSA) is 62.3 Å². The van der Waals surface area contributed by atoms with Crippen LogP contribution in [0.2, 0.25) is 0 Å². The lowest BCUT2D eigenvalue weighted by Crippen LogP contribution is -2.53. The number of hydrogen-bond acceptors (Lipinski definition) is 5. The van der Waals surface area contributed by atoms with Crippen LogP contribution in [-0.2, 0) is 11.3 Å². The Morgan fingerprint density at radius 2 is 2.25 bits per heavy atom. The van der Waals surface area contributed by atoms with Crippen LogP contribution in [0.1, 0.15) is 38.3 Å². The van der Waals surface area contributed by atoms with Gasteiger partial charge in [0, 0.05) is 5.38 Å². The van der Waals surface area contributed by atoms with Crippen molar-refractivity contribution in [3.05, 3.63) is 28.6 Å². The van der Waals surface area contributed by atoms with Crippen molar-refractivity contribution in [3.63, 3.8) is 0 Å². The van der Waals surface area contributed by atoms with Crippen molar-refractivity contribution in [2.75, 3.05) is 0 Å². The van der Waals surface area contributed by atoms with E-state index in [4.69, 9.17) is 0 Å². The Morgan fingerprint density at radius 3 is 3.00 bits per heavy atom. The maximum atomic E-state index is 13.0. The molecule has 2 fully saturated rings. The van der Waals surface area contributed by atoms with Crippen molar-refractivity contribution < 1.29 is 9.59 Å². The fraction of sp³-hybridized carbons (Fsp3) is 0.471. The molecule has 2 aliphatic rings. The van der Waals surface area contributed by atoms with Gasteiger partial charge >= 0.3 is 6.03 Å². The van der Waals surface area contributed by atoms with Gasteiger partial charge in [0.25, 0.3) is 5.91 Å². The zero-order valence-corrected chi connectivity index (χ0v) is 15.1. The monoisotopic (exact) mass is 361 g/mol. The molecule has 0 bridgehead atoms. The number of amides is 3. The molecule has 4 rings (SSSR count). The fourth-order valence-electron chi connectivity index (χ4n) is 3.69. The summed E-state index contributed by atoms with van der Waals surface area (Å²) in [5.41, 5.74) is 0.0782. The number of rotatable bonds is 3. The van der Waals surface area contributed by atoms with Crippen LogP contribution in [0, 0.1) is 5.92 Å². The summed E-state index contributed by atoms with van der Waals surface area (Å²) in [4.78, 5) is 32.4. The Bertz CT molecular complexity index is 771. The summed E-state index contributed by atoms with van der Waals surface area (Å²) in [6.07, 6.45) is 3.84. The summed E-state index contributed by atoms with van der Waals surface area (Å²) in [6, 6.07) is 3.74. The van der Waals surface area contributed by atoms with E-state index in [0.717, 1.165) is 41.3 Å². The van der Waals surface area contributed by atoms with E-state index >= 15 is 0 Å². The molecule has 2 aromatic heterocycles. The average Bonchev–Trinajstić information content (AvgIpc) is 3.28. The maximum Gasteiger partial charge on any atom is 0.325 e. The highest BCUT2D eigenvalue weighted by molar-refractivity contribution is 7.20. The number of carbonyl (C=O) groups is 2. The van der Waals surface area contributed by atoms with Gasteiger partial charge in [-0.3, -0.25) is 9.69 Å². The van der Waals surface area contributed by atoms with E-state index in [1.165, 1.54) is 4.90 Å². The predicted molar refractivity (Wildman–Crippen MR) is 94.9 cm³/mol. The Kier molecular flexibility index (Phi) is 3.92. The van der Waals surface area contributed by atoms with Crippen molar-refractivity contribution in [2.45, 2.75) is 44.7 Å². The quantitative estimate of drug-likeness (QED) is 0.844. The molecule has 3 amide bonds. The summed E-state index contributed by atoms with van der Waals surface area (Å²) < 4.78 is 0. The van der Waals surface area contributed by atoms with Crippen LogP contribution in [0.15, 0.2) is 22.9 Å². The lowest BCUT2D eigenvalue weighted by molar-refractivity contribution is -0.134. The van der Waals surface area contributed by atoms with E-state index in [1.54, 1.807) is 22.7 Å². The molecule has 3 heterocycles. The van der Waals surface area contributed by atoms with Crippen molar-refractivity contribution >= 4 is 34.6 Å². The third-order valence-electron chi connectivity index (χ3n) is 5.11. The maximum absolute atomic E-state index is 13.0. The van der Waals surface area contributed by atoms with Crippen molar-refractivity contribution in [1.29, 1.82) is 0 Å². The van der Waals surface area contributed by atoms with Crippen LogP contribution < -0.4 is 5.32 Å². The van der Waals surface area contributed by atoms with Gasteiger partial charge in [0.2, 0.25) is 0 Å². The summed E-state index contributed by atoms with van der Waals surface area (Å²) in [7, 11) is 0. The molecule has 1 aliphatic carbocycles. The Balaban J connectivity index is 1.55. The van der Waals surface area contributed by atoms with Crippen molar-refractivity contribution in [1.82, 2.24) is 15.2 Å². The fourth-order valence-corrected chi connectivity index (χ4v) is 5.32. The number of hydrogen-bond donors (Lipinski definition) is 1. The highest BCUT2D eigenvalue weighted by Gasteiger charge is 2.54. The first kappa shape index (κ1) is 15.8. The molecule has 1 spiro atoms. The van der Waals surface area contributed by atoms with Gasteiger partial charge in [-0.2, -0.15) is 0 Å². The smallest absolute Gasteiger partial charge is 0.323 e. The minimum absolute atomic E-state index is 0.0784. The van der Waals surface area contributed by atoms with Gasteiger partial charge in [-0.05, 0) is 30.2 Å². The molecule has 24 heavy (non-hydrogen) atoms. The number of nitrogens with zero attached hydrogens (tertiary/aromatic N) is 2. The van der Waals surface area contributed by atoms with Gasteiger partial charge in [0.05, 0.1) is 17.1 Å². The molecule has 0 aromatic carbocycles. The average molecular weight is 361 g/mol. The number of imide groups is 1. The summed E-state index contributed by atoms with van der Waals surface area (Å²) in [5.74, 6) is 0.107. The van der Waals surface area contributed by atoms with Crippen molar-refractivity contribution in [3.8, 4) is 9.88 Å². The second kappa shape index (κ2) is 5.97. The van der Waals surface area contributed by atoms with Crippen LogP contribution in [-0.4, -0.2) is 27.4 Å². The third-order valence-corrected chi connectivity index (χ3v) is 7.04. The normalized spacial score (nSPS) is 27.0. The molecule has 5 nitrogen and oxygen atoms in total. The number of aromatic nitrogens is 1. The van der Waals surface area contributed by atoms with E-state index in [-0.39, 0.29) is 24.4 Å². The molecule has 126 valence electrons. The van der Waals surface area contributed by atoms with Crippen LogP contribution in [0.4, 0.5) is 4.79 Å². The SMILES string of the molecule is CC1CCCCC12NC(=O)N(Cc1csc(-c3cccs3)n1)C2=O. The first-order chi connectivity index (χ1) is 11.6. The molecular formula is C17H19N3O2S2. The molecule has 2 aromatic rings. The second-order valence-electron chi connectivity index (χ2n) is 6.56. The van der Waals surface area contributed by atoms with E-state index < -0.39 is 5.54 Å². The van der Waals surface area contributed by atoms with Gasteiger partial charge in [0.15, 0.2) is 0 Å². The number of thiazole rings is 1. The van der Waals surface area contributed by atoms with E-state index in [2.05, 4.69) is 17.2 Å². The Morgan fingerprint density at radius 1 is 1.38 bits per heavy atom. The van der Waals surface area contributed by atoms with E-state index in [9.17, 15) is 9.59 Å². The summed E-state index contributed by atoms with van der Waals surface area (Å²) in [5, 5.41) is 7.88. The Labute approximate surface area is 148 Å². The van der Waals surface area contributed by atoms with E-state index in [1.807, 2.05) is 22.9 Å². The molecule has 0 radical (unpaired) electrons. The number of urea groups is 1. The van der Waals surface area contributed by atoms with E-state index in [0.29, 0.717) is 0 Å². The zero-order chi connectivity index (χ0) is 16.7. The minimum Gasteiger partial charge on any atom is -0.323 e. The van der Waals surface area contributed by atoms with Gasteiger partial charge < -0.3 is 5.32 Å². The molecule has 7 heteroatoms. The predicted octanol–water partition coefficient (Wildman–Crippen LogP) is 3.87. The second-order valence-corrected chi connectivity index (χ2v) is 8.37. The first-order valence-corrected chi connectivity index (χ1v) is 9.98. The Hall–Kier alpha value is -1.73. The molecule has 2 atom stereocenters. The molecule has 1 saturated heterocycles. The third kappa shape index (κ3) is 2.46. The molecule has 2 unspecified atom stereocenters. The number of carbonyl (C=O) groups excluding carboxylic acids is 2. The largest absolute Gasteiger partial charge is 0.325 e. The highest BCUT2D eigenvalue weighted by Crippen LogP contribution is 2.38. The first-order valence-electron chi connectivity index (χ1n) is 8.22. The highest BCUT2D eigenvalue weighted by atomic mass is 32.1. The standard InChI is InChI=1S/C17H19N3O2S2/c1-11-5-2-3-7-17(11)15(21)20(16(22)19-17)9-12-10-24-14(18-12)13-6-4-8-23-13/h4,6,8,10-11H,2-3,5,7,9H2,1H3,(H,19,22). The molecule has 1 saturated carbocycles. The van der Waals surface area contributed by atoms with Crippen LogP contribution in [0.5, 0.6) is 0 Å². The van der Waals surface area contributed by atoms with Gasteiger partial charge in [-0.15, -0.1) is 22.7 Å². The van der Waals surface area contributed by atoms with Crippen LogP contribution in [0.25, 0.3) is 9.88 Å². The van der Waals surface area contributed by atoms with Gasteiger partial charge in [-0.25, -0.2) is 9.78 Å². The molecule has 1 aliphatic heterocycles. The zero-order valence-electron chi connectivity index (χ0n) is 13.4. The molecular weight excluding hydrogens is 342 g/mol. The van der Waals surface area contributed by atoms with Gasteiger partial charge in [0.1, 0.15) is 10.5 Å². The number of thiophene rings is 1.